The van der Waals surface area contributed by atoms with Crippen LogP contribution in [0, 0.1) is 0 Å². The average molecular weight is 216 g/mol. The molecule has 0 aliphatic carbocycles. The molecule has 0 unspecified atom stereocenters. The summed E-state index contributed by atoms with van der Waals surface area (Å²) in [6.45, 7) is 2.71. The standard InChI is InChI=1S/C9H16N2O4/c1-6(12)11-4-2-7(3-5-11)10-8(13)9(14)15/h7,9,14-15H,2-5H2,1H3,(H,10,13). The summed E-state index contributed by atoms with van der Waals surface area (Å²) in [4.78, 5) is 23.6. The number of nitrogens with one attached hydrogen (secondary N) is 1. The zero-order valence-electron chi connectivity index (χ0n) is 8.64. The summed E-state index contributed by atoms with van der Waals surface area (Å²) in [5, 5.41) is 19.6. The molecule has 1 rings (SSSR count). The fourth-order valence-corrected chi connectivity index (χ4v) is 1.61. The summed E-state index contributed by atoms with van der Waals surface area (Å²) in [5.41, 5.74) is 0. The predicted octanol–water partition coefficient (Wildman–Crippen LogP) is -1.58. The third-order valence-electron chi connectivity index (χ3n) is 2.52. The van der Waals surface area contributed by atoms with Crippen LogP contribution >= 0.6 is 0 Å². The molecule has 0 saturated carbocycles. The SMILES string of the molecule is CC(=O)N1CCC(NC(=O)C(O)O)CC1. The van der Waals surface area contributed by atoms with Crippen LogP contribution in [0.5, 0.6) is 0 Å². The van der Waals surface area contributed by atoms with Gasteiger partial charge in [0.2, 0.25) is 12.2 Å². The lowest BCUT2D eigenvalue weighted by Gasteiger charge is -2.31. The van der Waals surface area contributed by atoms with Gasteiger partial charge in [-0.3, -0.25) is 9.59 Å². The maximum atomic E-state index is 11.0. The molecule has 1 aliphatic heterocycles. The highest BCUT2D eigenvalue weighted by atomic mass is 16.5. The second-order valence-corrected chi connectivity index (χ2v) is 3.66. The summed E-state index contributed by atoms with van der Waals surface area (Å²) < 4.78 is 0. The van der Waals surface area contributed by atoms with E-state index in [4.69, 9.17) is 10.2 Å². The minimum atomic E-state index is -1.96. The van der Waals surface area contributed by atoms with Crippen LogP contribution in [-0.4, -0.2) is 52.3 Å². The second kappa shape index (κ2) is 5.09. The number of hydrogen-bond acceptors (Lipinski definition) is 4. The van der Waals surface area contributed by atoms with E-state index in [0.717, 1.165) is 0 Å². The number of carbonyl (C=O) groups is 2. The van der Waals surface area contributed by atoms with E-state index < -0.39 is 12.2 Å². The van der Waals surface area contributed by atoms with Crippen LogP contribution in [0.4, 0.5) is 0 Å². The third-order valence-corrected chi connectivity index (χ3v) is 2.52. The van der Waals surface area contributed by atoms with Crippen molar-refractivity contribution in [2.75, 3.05) is 13.1 Å². The molecular formula is C9H16N2O4. The summed E-state index contributed by atoms with van der Waals surface area (Å²) in [6, 6.07) is -0.0742. The Hall–Kier alpha value is -1.14. The number of nitrogens with zero attached hydrogens (tertiary/aromatic N) is 1. The maximum absolute atomic E-state index is 11.0. The van der Waals surface area contributed by atoms with E-state index in [0.29, 0.717) is 25.9 Å². The molecule has 1 aliphatic rings. The first kappa shape index (κ1) is 11.9. The number of aliphatic hydroxyl groups is 2. The number of rotatable bonds is 2. The van der Waals surface area contributed by atoms with Crippen molar-refractivity contribution in [3.8, 4) is 0 Å². The van der Waals surface area contributed by atoms with Crippen molar-refractivity contribution < 1.29 is 19.8 Å². The molecule has 2 amide bonds. The smallest absolute Gasteiger partial charge is 0.276 e. The minimum absolute atomic E-state index is 0.0296. The molecule has 0 aromatic rings. The summed E-state index contributed by atoms with van der Waals surface area (Å²) >= 11 is 0. The molecule has 3 N–H and O–H groups in total. The Morgan fingerprint density at radius 2 is 1.87 bits per heavy atom. The van der Waals surface area contributed by atoms with Crippen LogP contribution < -0.4 is 5.32 Å². The van der Waals surface area contributed by atoms with Crippen molar-refractivity contribution in [1.29, 1.82) is 0 Å². The van der Waals surface area contributed by atoms with E-state index in [2.05, 4.69) is 5.32 Å². The highest BCUT2D eigenvalue weighted by molar-refractivity contribution is 5.79. The largest absolute Gasteiger partial charge is 0.361 e. The van der Waals surface area contributed by atoms with Gasteiger partial charge in [-0.25, -0.2) is 0 Å². The molecule has 0 bridgehead atoms. The van der Waals surface area contributed by atoms with E-state index in [1.807, 2.05) is 0 Å². The third kappa shape index (κ3) is 3.49. The van der Waals surface area contributed by atoms with E-state index in [1.165, 1.54) is 6.92 Å². The van der Waals surface area contributed by atoms with Gasteiger partial charge in [0.15, 0.2) is 0 Å². The Bertz CT molecular complexity index is 246. The quantitative estimate of drug-likeness (QED) is 0.486. The fourth-order valence-electron chi connectivity index (χ4n) is 1.61. The van der Waals surface area contributed by atoms with Crippen molar-refractivity contribution in [1.82, 2.24) is 10.2 Å². The monoisotopic (exact) mass is 216 g/mol. The second-order valence-electron chi connectivity index (χ2n) is 3.66. The van der Waals surface area contributed by atoms with E-state index in [1.54, 1.807) is 4.90 Å². The van der Waals surface area contributed by atoms with Crippen LogP contribution in [0.15, 0.2) is 0 Å². The molecule has 0 aromatic heterocycles. The zero-order valence-corrected chi connectivity index (χ0v) is 8.64. The van der Waals surface area contributed by atoms with Crippen LogP contribution in [0.25, 0.3) is 0 Å². The minimum Gasteiger partial charge on any atom is -0.361 e. The van der Waals surface area contributed by atoms with E-state index in [9.17, 15) is 9.59 Å². The van der Waals surface area contributed by atoms with Gasteiger partial charge in [-0.1, -0.05) is 0 Å². The van der Waals surface area contributed by atoms with Crippen LogP contribution in [0.1, 0.15) is 19.8 Å². The first-order chi connectivity index (χ1) is 7.00. The predicted molar refractivity (Wildman–Crippen MR) is 51.6 cm³/mol. The molecule has 0 radical (unpaired) electrons. The van der Waals surface area contributed by atoms with Crippen molar-refractivity contribution in [2.45, 2.75) is 32.1 Å². The van der Waals surface area contributed by atoms with E-state index in [-0.39, 0.29) is 11.9 Å². The van der Waals surface area contributed by atoms with Gasteiger partial charge in [-0.05, 0) is 12.8 Å². The normalized spacial score (nSPS) is 18.0. The molecule has 1 heterocycles. The Morgan fingerprint density at radius 1 is 1.33 bits per heavy atom. The van der Waals surface area contributed by atoms with Crippen molar-refractivity contribution in [2.24, 2.45) is 0 Å². The number of piperidine rings is 1. The van der Waals surface area contributed by atoms with Crippen LogP contribution in [0.3, 0.4) is 0 Å². The van der Waals surface area contributed by atoms with Gasteiger partial charge < -0.3 is 20.4 Å². The first-order valence-electron chi connectivity index (χ1n) is 4.92. The highest BCUT2D eigenvalue weighted by Gasteiger charge is 2.23. The Balaban J connectivity index is 2.32. The van der Waals surface area contributed by atoms with Gasteiger partial charge >= 0.3 is 0 Å². The van der Waals surface area contributed by atoms with Gasteiger partial charge in [0, 0.05) is 26.1 Å². The average Bonchev–Trinajstić information content (AvgIpc) is 2.18. The summed E-state index contributed by atoms with van der Waals surface area (Å²) in [6.07, 6.45) is -0.661. The molecule has 0 spiro atoms. The molecular weight excluding hydrogens is 200 g/mol. The molecule has 0 atom stereocenters. The number of hydrogen-bond donors (Lipinski definition) is 3. The Morgan fingerprint density at radius 3 is 2.27 bits per heavy atom. The number of likely N-dealkylation sites (tertiary alicyclic amines) is 1. The number of carbonyl (C=O) groups excluding carboxylic acids is 2. The number of amides is 2. The first-order valence-corrected chi connectivity index (χ1v) is 4.92. The van der Waals surface area contributed by atoms with Gasteiger partial charge in [-0.15, -0.1) is 0 Å². The lowest BCUT2D eigenvalue weighted by Crippen LogP contribution is -2.48. The summed E-state index contributed by atoms with van der Waals surface area (Å²) in [7, 11) is 0. The molecule has 0 aromatic carbocycles. The molecule has 1 saturated heterocycles. The fraction of sp³-hybridized carbons (Fsp3) is 0.778. The van der Waals surface area contributed by atoms with Crippen molar-refractivity contribution in [3.05, 3.63) is 0 Å². The van der Waals surface area contributed by atoms with Gasteiger partial charge in [-0.2, -0.15) is 0 Å². The summed E-state index contributed by atoms with van der Waals surface area (Å²) in [5.74, 6) is -0.752. The molecule has 15 heavy (non-hydrogen) atoms. The van der Waals surface area contributed by atoms with E-state index >= 15 is 0 Å². The number of aliphatic hydroxyl groups excluding tert-OH is 1. The highest BCUT2D eigenvalue weighted by Crippen LogP contribution is 2.10. The van der Waals surface area contributed by atoms with Gasteiger partial charge in [0.25, 0.3) is 5.91 Å². The lowest BCUT2D eigenvalue weighted by molar-refractivity contribution is -0.148. The lowest BCUT2D eigenvalue weighted by atomic mass is 10.1. The topological polar surface area (TPSA) is 89.9 Å². The van der Waals surface area contributed by atoms with Crippen LogP contribution in [0.2, 0.25) is 0 Å². The Kier molecular flexibility index (Phi) is 4.05. The van der Waals surface area contributed by atoms with Crippen molar-refractivity contribution >= 4 is 11.8 Å². The molecule has 86 valence electrons. The van der Waals surface area contributed by atoms with Crippen LogP contribution in [-0.2, 0) is 9.59 Å². The molecule has 1 fully saturated rings. The maximum Gasteiger partial charge on any atom is 0.276 e. The zero-order chi connectivity index (χ0) is 11.4. The molecule has 6 heteroatoms. The van der Waals surface area contributed by atoms with Gasteiger partial charge in [0.1, 0.15) is 0 Å². The van der Waals surface area contributed by atoms with Gasteiger partial charge in [0.05, 0.1) is 0 Å². The van der Waals surface area contributed by atoms with Crippen molar-refractivity contribution in [3.63, 3.8) is 0 Å². The molecule has 6 nitrogen and oxygen atoms in total. The Labute approximate surface area is 87.9 Å².